The predicted octanol–water partition coefficient (Wildman–Crippen LogP) is 4.15. The van der Waals surface area contributed by atoms with Gasteiger partial charge in [-0.2, -0.15) is 0 Å². The highest BCUT2D eigenvalue weighted by atomic mass is 16.5. The lowest BCUT2D eigenvalue weighted by atomic mass is 9.63. The van der Waals surface area contributed by atoms with E-state index in [0.29, 0.717) is 18.7 Å². The zero-order valence-corrected chi connectivity index (χ0v) is 18.5. The van der Waals surface area contributed by atoms with E-state index in [1.54, 1.807) is 18.2 Å². The molecule has 1 aromatic carbocycles. The maximum atomic E-state index is 11.8. The Bertz CT molecular complexity index is 723. The Hall–Kier alpha value is -1.69. The van der Waals surface area contributed by atoms with Crippen LogP contribution in [0.4, 0.5) is 0 Å². The van der Waals surface area contributed by atoms with E-state index in [2.05, 4.69) is 26.1 Å². The zero-order valence-electron chi connectivity index (χ0n) is 18.5. The summed E-state index contributed by atoms with van der Waals surface area (Å²) in [4.78, 5) is 11.8. The van der Waals surface area contributed by atoms with E-state index in [4.69, 9.17) is 4.74 Å². The van der Waals surface area contributed by atoms with Gasteiger partial charge in [-0.25, -0.2) is 4.79 Å². The number of allylic oxidation sites excluding steroid dienone is 1. The number of nitrogens with one attached hydrogen (secondary N) is 1. The van der Waals surface area contributed by atoms with Gasteiger partial charge < -0.3 is 20.3 Å². The van der Waals surface area contributed by atoms with E-state index in [1.807, 2.05) is 19.9 Å². The van der Waals surface area contributed by atoms with Crippen LogP contribution < -0.4 is 10.1 Å². The van der Waals surface area contributed by atoms with Crippen LogP contribution in [0.1, 0.15) is 72.0 Å². The maximum absolute atomic E-state index is 11.8. The van der Waals surface area contributed by atoms with E-state index in [9.17, 15) is 15.0 Å². The fourth-order valence-electron chi connectivity index (χ4n) is 4.68. The zero-order chi connectivity index (χ0) is 21.7. The van der Waals surface area contributed by atoms with Gasteiger partial charge in [0.05, 0.1) is 12.2 Å². The summed E-state index contributed by atoms with van der Waals surface area (Å²) in [5, 5.41) is 24.2. The van der Waals surface area contributed by atoms with Crippen LogP contribution in [0.15, 0.2) is 35.9 Å². The van der Waals surface area contributed by atoms with Crippen LogP contribution in [-0.2, 0) is 4.79 Å². The number of ether oxygens (including phenoxy) is 1. The minimum absolute atomic E-state index is 0.0607. The Kier molecular flexibility index (Phi) is 8.03. The Morgan fingerprint density at radius 1 is 1.31 bits per heavy atom. The van der Waals surface area contributed by atoms with Crippen molar-refractivity contribution in [2.24, 2.45) is 10.8 Å². The first-order valence-electron chi connectivity index (χ1n) is 10.5. The van der Waals surface area contributed by atoms with Crippen molar-refractivity contribution in [1.82, 2.24) is 5.32 Å². The maximum Gasteiger partial charge on any atom is 0.336 e. The molecule has 0 saturated heterocycles. The number of benzene rings is 1. The number of hydrogen-bond donors (Lipinski definition) is 3. The second-order valence-corrected chi connectivity index (χ2v) is 9.91. The Labute approximate surface area is 175 Å². The van der Waals surface area contributed by atoms with Gasteiger partial charge in [-0.15, -0.1) is 0 Å². The van der Waals surface area contributed by atoms with Crippen LogP contribution in [0.5, 0.6) is 5.75 Å². The van der Waals surface area contributed by atoms with E-state index in [0.717, 1.165) is 36.9 Å². The molecule has 0 heterocycles. The highest BCUT2D eigenvalue weighted by molar-refractivity contribution is 5.84. The van der Waals surface area contributed by atoms with E-state index in [-0.39, 0.29) is 16.9 Å². The third-order valence-corrected chi connectivity index (χ3v) is 5.44. The van der Waals surface area contributed by atoms with Crippen molar-refractivity contribution in [3.63, 3.8) is 0 Å². The van der Waals surface area contributed by atoms with E-state index in [1.165, 1.54) is 6.08 Å². The van der Waals surface area contributed by atoms with E-state index < -0.39 is 12.1 Å². The molecular weight excluding hydrogens is 366 g/mol. The predicted molar refractivity (Wildman–Crippen MR) is 116 cm³/mol. The molecule has 1 saturated carbocycles. The van der Waals surface area contributed by atoms with Crippen LogP contribution in [0.3, 0.4) is 0 Å². The molecule has 1 fully saturated rings. The lowest BCUT2D eigenvalue weighted by molar-refractivity contribution is -0.129. The SMILES string of the molecule is CC(C)=CC(=O)Oc1cccc(C(O)CCNCC2(C)CC(O)CC(C)(C)C2)c1. The Morgan fingerprint density at radius 2 is 2.03 bits per heavy atom. The van der Waals surface area contributed by atoms with Gasteiger partial charge >= 0.3 is 5.97 Å². The second-order valence-electron chi connectivity index (χ2n) is 9.91. The lowest BCUT2D eigenvalue weighted by Gasteiger charge is -2.45. The number of hydrogen-bond acceptors (Lipinski definition) is 5. The van der Waals surface area contributed by atoms with Crippen LogP contribution in [0, 0.1) is 10.8 Å². The summed E-state index contributed by atoms with van der Waals surface area (Å²) in [6, 6.07) is 7.04. The molecule has 5 nitrogen and oxygen atoms in total. The molecule has 1 aliphatic rings. The molecule has 29 heavy (non-hydrogen) atoms. The van der Waals surface area contributed by atoms with Crippen molar-refractivity contribution >= 4 is 5.97 Å². The van der Waals surface area contributed by atoms with Gasteiger partial charge in [0.2, 0.25) is 0 Å². The largest absolute Gasteiger partial charge is 0.423 e. The molecule has 0 aliphatic heterocycles. The van der Waals surface area contributed by atoms with Crippen molar-refractivity contribution in [2.45, 2.75) is 72.5 Å². The smallest absolute Gasteiger partial charge is 0.336 e. The normalized spacial score (nSPS) is 24.6. The number of rotatable bonds is 8. The summed E-state index contributed by atoms with van der Waals surface area (Å²) in [5.74, 6) is 0.0205. The van der Waals surface area contributed by atoms with Crippen LogP contribution in [-0.4, -0.2) is 35.4 Å². The molecule has 162 valence electrons. The molecule has 3 atom stereocenters. The van der Waals surface area contributed by atoms with Crippen molar-refractivity contribution in [3.05, 3.63) is 41.5 Å². The Morgan fingerprint density at radius 3 is 2.69 bits per heavy atom. The van der Waals surface area contributed by atoms with Gasteiger partial charge in [-0.05, 0) is 74.6 Å². The summed E-state index contributed by atoms with van der Waals surface area (Å²) in [7, 11) is 0. The molecule has 5 heteroatoms. The molecule has 1 aromatic rings. The van der Waals surface area contributed by atoms with Gasteiger partial charge in [0.1, 0.15) is 5.75 Å². The van der Waals surface area contributed by atoms with Crippen molar-refractivity contribution in [1.29, 1.82) is 0 Å². The number of esters is 1. The molecule has 3 N–H and O–H groups in total. The van der Waals surface area contributed by atoms with Crippen LogP contribution >= 0.6 is 0 Å². The number of carbonyl (C=O) groups is 1. The topological polar surface area (TPSA) is 78.8 Å². The minimum atomic E-state index is -0.634. The highest BCUT2D eigenvalue weighted by Gasteiger charge is 2.40. The monoisotopic (exact) mass is 403 g/mol. The summed E-state index contributed by atoms with van der Waals surface area (Å²) >= 11 is 0. The minimum Gasteiger partial charge on any atom is -0.423 e. The fraction of sp³-hybridized carbons (Fsp3) is 0.625. The first-order chi connectivity index (χ1) is 13.5. The molecular formula is C24H37NO4. The lowest BCUT2D eigenvalue weighted by Crippen LogP contribution is -2.44. The van der Waals surface area contributed by atoms with Crippen molar-refractivity contribution in [3.8, 4) is 5.75 Å². The molecule has 3 unspecified atom stereocenters. The van der Waals surface area contributed by atoms with Gasteiger partial charge in [0, 0.05) is 12.6 Å². The Balaban J connectivity index is 1.83. The van der Waals surface area contributed by atoms with Crippen LogP contribution in [0.25, 0.3) is 0 Å². The van der Waals surface area contributed by atoms with Crippen molar-refractivity contribution in [2.75, 3.05) is 13.1 Å². The number of aliphatic hydroxyl groups is 2. The summed E-state index contributed by atoms with van der Waals surface area (Å²) in [6.07, 6.45) is 3.87. The molecule has 0 aromatic heterocycles. The standard InChI is InChI=1S/C24H37NO4/c1-17(2)11-22(28)29-20-8-6-7-18(12-20)21(27)9-10-25-16-24(5)14-19(26)13-23(3,4)15-24/h6-8,11-12,19,21,25-27H,9-10,13-16H2,1-5H3. The third-order valence-electron chi connectivity index (χ3n) is 5.44. The average Bonchev–Trinajstić information content (AvgIpc) is 2.55. The summed E-state index contributed by atoms with van der Waals surface area (Å²) in [6.45, 7) is 11.8. The second kappa shape index (κ2) is 9.88. The quantitative estimate of drug-likeness (QED) is 0.263. The van der Waals surface area contributed by atoms with Gasteiger partial charge in [-0.1, -0.05) is 38.5 Å². The van der Waals surface area contributed by atoms with Crippen LogP contribution in [0.2, 0.25) is 0 Å². The molecule has 0 radical (unpaired) electrons. The highest BCUT2D eigenvalue weighted by Crippen LogP contribution is 2.45. The fourth-order valence-corrected chi connectivity index (χ4v) is 4.68. The molecule has 0 spiro atoms. The van der Waals surface area contributed by atoms with Gasteiger partial charge in [0.15, 0.2) is 0 Å². The van der Waals surface area contributed by atoms with Gasteiger partial charge in [-0.3, -0.25) is 0 Å². The summed E-state index contributed by atoms with van der Waals surface area (Å²) < 4.78 is 5.30. The molecule has 0 bridgehead atoms. The summed E-state index contributed by atoms with van der Waals surface area (Å²) in [5.41, 5.74) is 1.82. The number of carbonyl (C=O) groups excluding carboxylic acids is 1. The molecule has 1 aliphatic carbocycles. The van der Waals surface area contributed by atoms with Crippen molar-refractivity contribution < 1.29 is 19.7 Å². The first-order valence-corrected chi connectivity index (χ1v) is 10.5. The third kappa shape index (κ3) is 7.92. The van der Waals surface area contributed by atoms with Gasteiger partial charge in [0.25, 0.3) is 0 Å². The molecule has 0 amide bonds. The first kappa shape index (κ1) is 23.6. The average molecular weight is 404 g/mol. The molecule has 2 rings (SSSR count). The van der Waals surface area contributed by atoms with E-state index >= 15 is 0 Å². The number of aliphatic hydroxyl groups excluding tert-OH is 2.